The minimum absolute atomic E-state index is 0.0965. The van der Waals surface area contributed by atoms with E-state index in [1.54, 1.807) is 17.0 Å². The smallest absolute Gasteiger partial charge is 0.265 e. The Bertz CT molecular complexity index is 1680. The van der Waals surface area contributed by atoms with Gasteiger partial charge in [-0.1, -0.05) is 84.9 Å². The second-order valence-corrected chi connectivity index (χ2v) is 13.6. The van der Waals surface area contributed by atoms with Crippen molar-refractivity contribution in [1.82, 2.24) is 10.2 Å². The predicted octanol–water partition coefficient (Wildman–Crippen LogP) is 5.68. The van der Waals surface area contributed by atoms with E-state index in [9.17, 15) is 18.0 Å². The highest BCUT2D eigenvalue weighted by Crippen LogP contribution is 2.42. The topological polar surface area (TPSA) is 86.8 Å². The average molecular weight is 584 g/mol. The molecule has 0 saturated heterocycles. The van der Waals surface area contributed by atoms with Crippen LogP contribution in [-0.4, -0.2) is 43.3 Å². The summed E-state index contributed by atoms with van der Waals surface area (Å²) in [6.07, 6.45) is 0.769. The summed E-state index contributed by atoms with van der Waals surface area (Å²) >= 11 is 0. The highest BCUT2D eigenvalue weighted by atomic mass is 32.2. The van der Waals surface area contributed by atoms with E-state index in [0.29, 0.717) is 23.4 Å². The molecule has 2 amide bonds. The van der Waals surface area contributed by atoms with Crippen LogP contribution in [0.15, 0.2) is 102 Å². The molecule has 0 radical (unpaired) electrons. The van der Waals surface area contributed by atoms with E-state index in [-0.39, 0.29) is 31.3 Å². The first-order valence-electron chi connectivity index (χ1n) is 14.3. The lowest BCUT2D eigenvalue weighted by molar-refractivity contribution is -0.142. The minimum atomic E-state index is -3.71. The van der Waals surface area contributed by atoms with Crippen LogP contribution in [0.3, 0.4) is 0 Å². The maximum atomic E-state index is 14.0. The molecule has 0 aliphatic carbocycles. The van der Waals surface area contributed by atoms with E-state index in [2.05, 4.69) is 5.32 Å². The van der Waals surface area contributed by atoms with Crippen LogP contribution >= 0.6 is 0 Å². The van der Waals surface area contributed by atoms with Gasteiger partial charge in [-0.15, -0.1) is 0 Å². The van der Waals surface area contributed by atoms with Crippen molar-refractivity contribution in [3.63, 3.8) is 0 Å². The Labute approximate surface area is 248 Å². The van der Waals surface area contributed by atoms with Gasteiger partial charge < -0.3 is 10.2 Å². The number of benzene rings is 4. The first-order valence-corrected chi connectivity index (χ1v) is 15.7. The average Bonchev–Trinajstić information content (AvgIpc) is 3.18. The molecule has 8 heteroatoms. The number of hydrogen-bond acceptors (Lipinski definition) is 4. The zero-order valence-corrected chi connectivity index (χ0v) is 25.1. The molecule has 4 aromatic carbocycles. The molecule has 7 nitrogen and oxygen atoms in total. The summed E-state index contributed by atoms with van der Waals surface area (Å²) in [6.45, 7) is 6.19. The first kappa shape index (κ1) is 29.3. The second-order valence-electron chi connectivity index (χ2n) is 11.8. The van der Waals surface area contributed by atoms with Crippen molar-refractivity contribution in [2.75, 3.05) is 10.8 Å². The molecule has 4 aromatic rings. The molecule has 0 fully saturated rings. The molecule has 0 aromatic heterocycles. The van der Waals surface area contributed by atoms with Gasteiger partial charge in [0.15, 0.2) is 0 Å². The summed E-state index contributed by atoms with van der Waals surface area (Å²) < 4.78 is 28.3. The maximum Gasteiger partial charge on any atom is 0.265 e. The Morgan fingerprint density at radius 1 is 0.833 bits per heavy atom. The predicted molar refractivity (Wildman–Crippen MR) is 167 cm³/mol. The van der Waals surface area contributed by atoms with Crippen LogP contribution in [0.2, 0.25) is 0 Å². The second kappa shape index (κ2) is 12.0. The molecule has 1 atom stereocenters. The molecule has 0 saturated carbocycles. The van der Waals surface area contributed by atoms with E-state index >= 15 is 0 Å². The Hall–Kier alpha value is -4.17. The number of rotatable bonds is 10. The molecule has 0 spiro atoms. The number of amides is 2. The van der Waals surface area contributed by atoms with Crippen LogP contribution in [0.1, 0.15) is 44.7 Å². The van der Waals surface area contributed by atoms with Gasteiger partial charge in [0, 0.05) is 36.9 Å². The zero-order chi connectivity index (χ0) is 29.9. The first-order chi connectivity index (χ1) is 20.0. The van der Waals surface area contributed by atoms with Crippen LogP contribution in [0.4, 0.5) is 5.69 Å². The highest BCUT2D eigenvalue weighted by molar-refractivity contribution is 7.93. The molecule has 1 aliphatic rings. The normalized spacial score (nSPS) is 14.5. The van der Waals surface area contributed by atoms with Crippen molar-refractivity contribution in [1.29, 1.82) is 0 Å². The summed E-state index contributed by atoms with van der Waals surface area (Å²) in [5, 5.41) is 4.66. The van der Waals surface area contributed by atoms with E-state index in [1.807, 2.05) is 106 Å². The standard InChI is InChI=1S/C34H37N3O4S/c1-34(2,3)35-33(39)29(23-25-13-6-4-7-14-25)36(24-26-15-8-5-9-16-26)31(38)21-12-22-37-28-19-10-17-27-18-11-20-30(32(27)28)42(37,40)41/h4-11,13-20,29H,12,21-24H2,1-3H3,(H,35,39). The monoisotopic (exact) mass is 583 g/mol. The summed E-state index contributed by atoms with van der Waals surface area (Å²) in [5.74, 6) is -0.420. The third-order valence-electron chi connectivity index (χ3n) is 7.40. The Balaban J connectivity index is 1.39. The molecule has 5 rings (SSSR count). The minimum Gasteiger partial charge on any atom is -0.350 e. The summed E-state index contributed by atoms with van der Waals surface area (Å²) in [6, 6.07) is 29.4. The summed E-state index contributed by atoms with van der Waals surface area (Å²) in [4.78, 5) is 29.6. The molecule has 1 N–H and O–H groups in total. The highest BCUT2D eigenvalue weighted by Gasteiger charge is 2.36. The molecule has 42 heavy (non-hydrogen) atoms. The van der Waals surface area contributed by atoms with E-state index in [0.717, 1.165) is 21.9 Å². The van der Waals surface area contributed by atoms with Gasteiger partial charge in [-0.25, -0.2) is 8.42 Å². The maximum absolute atomic E-state index is 14.0. The lowest BCUT2D eigenvalue weighted by Crippen LogP contribution is -2.54. The fraction of sp³-hybridized carbons (Fsp3) is 0.294. The molecule has 1 aliphatic heterocycles. The number of nitrogens with one attached hydrogen (secondary N) is 1. The molecule has 218 valence electrons. The van der Waals surface area contributed by atoms with Gasteiger partial charge >= 0.3 is 0 Å². The van der Waals surface area contributed by atoms with Gasteiger partial charge in [0.2, 0.25) is 11.8 Å². The van der Waals surface area contributed by atoms with Crippen molar-refractivity contribution in [2.45, 2.75) is 63.1 Å². The van der Waals surface area contributed by atoms with Gasteiger partial charge in [-0.3, -0.25) is 13.9 Å². The number of carbonyl (C=O) groups is 2. The van der Waals surface area contributed by atoms with E-state index < -0.39 is 21.6 Å². The lowest BCUT2D eigenvalue weighted by atomic mass is 10.00. The van der Waals surface area contributed by atoms with Crippen molar-refractivity contribution in [3.8, 4) is 0 Å². The van der Waals surface area contributed by atoms with Gasteiger partial charge in [0.05, 0.1) is 10.6 Å². The SMILES string of the molecule is CC(C)(C)NC(=O)C(Cc1ccccc1)N(Cc1ccccc1)C(=O)CCCN1c2cccc3cccc(c23)S1(=O)=O. The molecular formula is C34H37N3O4S. The molecule has 1 unspecified atom stereocenters. The number of anilines is 1. The van der Waals surface area contributed by atoms with Crippen LogP contribution < -0.4 is 9.62 Å². The van der Waals surface area contributed by atoms with Crippen LogP contribution in [0.25, 0.3) is 10.8 Å². The van der Waals surface area contributed by atoms with Gasteiger partial charge in [-0.2, -0.15) is 0 Å². The number of sulfonamides is 1. The third-order valence-corrected chi connectivity index (χ3v) is 9.25. The zero-order valence-electron chi connectivity index (χ0n) is 24.3. The lowest BCUT2D eigenvalue weighted by Gasteiger charge is -2.34. The fourth-order valence-corrected chi connectivity index (χ4v) is 7.25. The Morgan fingerprint density at radius 2 is 1.45 bits per heavy atom. The largest absolute Gasteiger partial charge is 0.350 e. The third kappa shape index (κ3) is 6.34. The van der Waals surface area contributed by atoms with E-state index in [1.165, 1.54) is 4.31 Å². The summed E-state index contributed by atoms with van der Waals surface area (Å²) in [7, 11) is -3.71. The van der Waals surface area contributed by atoms with Crippen molar-refractivity contribution in [3.05, 3.63) is 108 Å². The number of carbonyl (C=O) groups excluding carboxylic acids is 2. The quantitative estimate of drug-likeness (QED) is 0.260. The van der Waals surface area contributed by atoms with Crippen molar-refractivity contribution >= 4 is 38.3 Å². The molecule has 1 heterocycles. The summed E-state index contributed by atoms with van der Waals surface area (Å²) in [5.41, 5.74) is 2.03. The van der Waals surface area contributed by atoms with Gasteiger partial charge in [-0.05, 0) is 55.8 Å². The number of hydrogen-bond donors (Lipinski definition) is 1. The Kier molecular flexibility index (Phi) is 8.36. The van der Waals surface area contributed by atoms with Crippen LogP contribution in [-0.2, 0) is 32.6 Å². The van der Waals surface area contributed by atoms with Gasteiger partial charge in [0.1, 0.15) is 6.04 Å². The van der Waals surface area contributed by atoms with E-state index in [4.69, 9.17) is 0 Å². The van der Waals surface area contributed by atoms with Crippen molar-refractivity contribution < 1.29 is 18.0 Å². The fourth-order valence-electron chi connectivity index (χ4n) is 5.50. The number of nitrogens with zero attached hydrogens (tertiary/aromatic N) is 2. The van der Waals surface area contributed by atoms with Crippen LogP contribution in [0.5, 0.6) is 0 Å². The molecule has 0 bridgehead atoms. The molecular weight excluding hydrogens is 546 g/mol. The van der Waals surface area contributed by atoms with Crippen LogP contribution in [0, 0.1) is 0 Å². The van der Waals surface area contributed by atoms with Gasteiger partial charge in [0.25, 0.3) is 10.0 Å². The Morgan fingerprint density at radius 3 is 2.10 bits per heavy atom. The van der Waals surface area contributed by atoms with Crippen molar-refractivity contribution in [2.24, 2.45) is 0 Å².